The van der Waals surface area contributed by atoms with Gasteiger partial charge >= 0.3 is 5.88 Å². The fourth-order valence-electron chi connectivity index (χ4n) is 1.66. The average molecular weight is 304 g/mol. The van der Waals surface area contributed by atoms with Crippen LogP contribution < -0.4 is 9.79 Å². The summed E-state index contributed by atoms with van der Waals surface area (Å²) in [5, 5.41) is 15.9. The Bertz CT molecular complexity index is 747. The van der Waals surface area contributed by atoms with Crippen LogP contribution >= 0.6 is 11.8 Å². The third-order valence-electron chi connectivity index (χ3n) is 2.65. The maximum Gasteiger partial charge on any atom is 0.320 e. The Morgan fingerprint density at radius 3 is 3.05 bits per heavy atom. The van der Waals surface area contributed by atoms with E-state index in [0.717, 1.165) is 5.52 Å². The van der Waals surface area contributed by atoms with Gasteiger partial charge in [-0.05, 0) is 25.0 Å². The fourth-order valence-corrected chi connectivity index (χ4v) is 2.28. The Hall–Kier alpha value is -2.35. The standard InChI is InChI=1S/C13H12N4O3S/c1-2-17-7-12(20-16-17)15-11(18)8-21-13-14-9-5-3-4-6-10(9)19-13/h3-7H,2,8H2,1H3. The van der Waals surface area contributed by atoms with Crippen molar-refractivity contribution in [2.75, 3.05) is 5.75 Å². The SMILES string of the molecule is CC[n+]1cc(/N=C(/[O-])CSc2nc3ccccc3o2)on1. The van der Waals surface area contributed by atoms with Crippen LogP contribution in [0.15, 0.2) is 49.6 Å². The quantitative estimate of drug-likeness (QED) is 0.305. The number of benzene rings is 1. The lowest BCUT2D eigenvalue weighted by atomic mass is 10.3. The van der Waals surface area contributed by atoms with Crippen molar-refractivity contribution in [2.24, 2.45) is 4.99 Å². The second-order valence-electron chi connectivity index (χ2n) is 4.14. The molecule has 3 rings (SSSR count). The van der Waals surface area contributed by atoms with Gasteiger partial charge in [0.2, 0.25) is 5.27 Å². The van der Waals surface area contributed by atoms with Crippen LogP contribution in [0.4, 0.5) is 5.88 Å². The first-order valence-corrected chi connectivity index (χ1v) is 7.32. The molecule has 8 heteroatoms. The van der Waals surface area contributed by atoms with Crippen LogP contribution in [0.1, 0.15) is 6.92 Å². The molecule has 3 aromatic rings. The van der Waals surface area contributed by atoms with E-state index < -0.39 is 0 Å². The molecule has 0 bridgehead atoms. The molecule has 0 atom stereocenters. The van der Waals surface area contributed by atoms with Gasteiger partial charge in [0.05, 0.1) is 0 Å². The average Bonchev–Trinajstić information content (AvgIpc) is 3.10. The molecule has 108 valence electrons. The minimum Gasteiger partial charge on any atom is -0.861 e. The van der Waals surface area contributed by atoms with Crippen LogP contribution in [-0.2, 0) is 6.54 Å². The first-order valence-electron chi connectivity index (χ1n) is 6.34. The molecule has 0 saturated carbocycles. The second-order valence-corrected chi connectivity index (χ2v) is 5.06. The molecule has 0 N–H and O–H groups in total. The molecule has 2 aromatic heterocycles. The summed E-state index contributed by atoms with van der Waals surface area (Å²) < 4.78 is 12.0. The van der Waals surface area contributed by atoms with Crippen molar-refractivity contribution in [1.82, 2.24) is 10.3 Å². The first-order chi connectivity index (χ1) is 10.2. The summed E-state index contributed by atoms with van der Waals surface area (Å²) in [5.74, 6) is -0.0127. The molecule has 0 unspecified atom stereocenters. The summed E-state index contributed by atoms with van der Waals surface area (Å²) in [6, 6.07) is 7.44. The summed E-state index contributed by atoms with van der Waals surface area (Å²) >= 11 is 1.20. The minimum atomic E-state index is -0.332. The van der Waals surface area contributed by atoms with Crippen molar-refractivity contribution in [3.63, 3.8) is 0 Å². The highest BCUT2D eigenvalue weighted by molar-refractivity contribution is 7.99. The minimum absolute atomic E-state index is 0.125. The summed E-state index contributed by atoms with van der Waals surface area (Å²) in [6.45, 7) is 2.57. The number of para-hydroxylation sites is 2. The van der Waals surface area contributed by atoms with Gasteiger partial charge in [-0.3, -0.25) is 4.52 Å². The lowest BCUT2D eigenvalue weighted by molar-refractivity contribution is -0.759. The van der Waals surface area contributed by atoms with Gasteiger partial charge in [-0.2, -0.15) is 0 Å². The lowest BCUT2D eigenvalue weighted by Gasteiger charge is -2.05. The van der Waals surface area contributed by atoms with E-state index in [1.165, 1.54) is 11.8 Å². The molecule has 0 aliphatic carbocycles. The van der Waals surface area contributed by atoms with E-state index in [1.54, 1.807) is 10.9 Å². The smallest absolute Gasteiger partial charge is 0.320 e. The number of hydrogen-bond acceptors (Lipinski definition) is 7. The summed E-state index contributed by atoms with van der Waals surface area (Å²) in [4.78, 5) is 8.09. The van der Waals surface area contributed by atoms with Crippen molar-refractivity contribution in [3.8, 4) is 0 Å². The van der Waals surface area contributed by atoms with E-state index in [1.807, 2.05) is 31.2 Å². The fraction of sp³-hybridized carbons (Fsp3) is 0.231. The Morgan fingerprint density at radius 1 is 1.43 bits per heavy atom. The largest absolute Gasteiger partial charge is 0.861 e. The van der Waals surface area contributed by atoms with E-state index in [4.69, 9.17) is 8.94 Å². The van der Waals surface area contributed by atoms with Gasteiger partial charge in [0.15, 0.2) is 12.1 Å². The van der Waals surface area contributed by atoms with E-state index in [2.05, 4.69) is 15.2 Å². The second kappa shape index (κ2) is 5.96. The number of fused-ring (bicyclic) bond motifs is 1. The Kier molecular flexibility index (Phi) is 3.87. The molecule has 1 aromatic carbocycles. The van der Waals surface area contributed by atoms with E-state index in [9.17, 15) is 5.11 Å². The molecular weight excluding hydrogens is 292 g/mol. The number of aryl methyl sites for hydroxylation is 1. The van der Waals surface area contributed by atoms with Gasteiger partial charge in [0, 0.05) is 5.75 Å². The molecule has 0 fully saturated rings. The highest BCUT2D eigenvalue weighted by Gasteiger charge is 2.08. The molecule has 0 aliphatic rings. The third-order valence-corrected chi connectivity index (χ3v) is 3.46. The number of aromatic nitrogens is 3. The highest BCUT2D eigenvalue weighted by Crippen LogP contribution is 2.23. The summed E-state index contributed by atoms with van der Waals surface area (Å²) in [5.41, 5.74) is 1.47. The van der Waals surface area contributed by atoms with Crippen LogP contribution in [0.5, 0.6) is 0 Å². The molecule has 0 radical (unpaired) electrons. The van der Waals surface area contributed by atoms with Gasteiger partial charge < -0.3 is 9.52 Å². The molecule has 21 heavy (non-hydrogen) atoms. The van der Waals surface area contributed by atoms with E-state index in [-0.39, 0.29) is 17.5 Å². The number of oxazole rings is 1. The number of aliphatic imine (C=N–C) groups is 1. The number of rotatable bonds is 5. The molecule has 0 saturated heterocycles. The molecule has 2 heterocycles. The van der Waals surface area contributed by atoms with Gasteiger partial charge in [0.25, 0.3) is 11.4 Å². The predicted octanol–water partition coefficient (Wildman–Crippen LogP) is 1.31. The Balaban J connectivity index is 1.66. The van der Waals surface area contributed by atoms with E-state index in [0.29, 0.717) is 17.4 Å². The molecule has 0 amide bonds. The van der Waals surface area contributed by atoms with Gasteiger partial charge in [-0.15, -0.1) is 0 Å². The van der Waals surface area contributed by atoms with Crippen molar-refractivity contribution >= 4 is 34.6 Å². The normalized spacial score (nSPS) is 12.1. The van der Waals surface area contributed by atoms with Crippen molar-refractivity contribution < 1.29 is 18.7 Å². The van der Waals surface area contributed by atoms with Gasteiger partial charge in [-0.25, -0.2) is 9.98 Å². The molecule has 0 spiro atoms. The third kappa shape index (κ3) is 3.22. The van der Waals surface area contributed by atoms with Crippen molar-refractivity contribution in [3.05, 3.63) is 30.5 Å². The van der Waals surface area contributed by atoms with Gasteiger partial charge in [0.1, 0.15) is 5.52 Å². The monoisotopic (exact) mass is 304 g/mol. The maximum atomic E-state index is 11.7. The predicted molar refractivity (Wildman–Crippen MR) is 74.2 cm³/mol. The highest BCUT2D eigenvalue weighted by atomic mass is 32.2. The van der Waals surface area contributed by atoms with Crippen LogP contribution in [0, 0.1) is 0 Å². The number of hydrogen-bond donors (Lipinski definition) is 0. The topological polar surface area (TPSA) is 91.4 Å². The molecule has 0 aliphatic heterocycles. The summed E-state index contributed by atoms with van der Waals surface area (Å²) in [7, 11) is 0. The van der Waals surface area contributed by atoms with Crippen LogP contribution in [-0.4, -0.2) is 21.9 Å². The first kappa shape index (κ1) is 13.6. The zero-order valence-corrected chi connectivity index (χ0v) is 12.0. The maximum absolute atomic E-state index is 11.7. The van der Waals surface area contributed by atoms with Gasteiger partial charge in [-0.1, -0.05) is 28.6 Å². The molecular formula is C13H12N4O3S. The van der Waals surface area contributed by atoms with E-state index >= 15 is 0 Å². The number of thioether (sulfide) groups is 1. The van der Waals surface area contributed by atoms with Crippen molar-refractivity contribution in [2.45, 2.75) is 18.7 Å². The van der Waals surface area contributed by atoms with Crippen LogP contribution in [0.2, 0.25) is 0 Å². The Morgan fingerprint density at radius 2 is 2.29 bits per heavy atom. The van der Waals surface area contributed by atoms with Crippen LogP contribution in [0.25, 0.3) is 11.1 Å². The zero-order valence-electron chi connectivity index (χ0n) is 11.2. The zero-order chi connectivity index (χ0) is 14.7. The summed E-state index contributed by atoms with van der Waals surface area (Å²) in [6.07, 6.45) is 1.57. The lowest BCUT2D eigenvalue weighted by Crippen LogP contribution is -2.32. The Labute approximate surface area is 124 Å². The molecule has 7 nitrogen and oxygen atoms in total. The number of nitrogens with zero attached hydrogens (tertiary/aromatic N) is 4. The van der Waals surface area contributed by atoms with Crippen molar-refractivity contribution in [1.29, 1.82) is 0 Å². The van der Waals surface area contributed by atoms with Crippen LogP contribution in [0.3, 0.4) is 0 Å².